The molecule has 0 bridgehead atoms. The molecule has 2 rings (SSSR count). The Balaban J connectivity index is 1.60. The summed E-state index contributed by atoms with van der Waals surface area (Å²) >= 11 is 1.66. The lowest BCUT2D eigenvalue weighted by Crippen LogP contribution is -2.84. The van der Waals surface area contributed by atoms with E-state index in [4.69, 9.17) is 0 Å². The van der Waals surface area contributed by atoms with Gasteiger partial charge in [-0.1, -0.05) is 35.9 Å². The minimum absolute atomic E-state index is 0.812. The lowest BCUT2D eigenvalue weighted by Gasteiger charge is -1.97. The molecule has 2 N–H and O–H groups in total. The van der Waals surface area contributed by atoms with Gasteiger partial charge < -0.3 is 5.32 Å². The molecular formula is C13H16N5S+. The van der Waals surface area contributed by atoms with Gasteiger partial charge in [0.25, 0.3) is 0 Å². The van der Waals surface area contributed by atoms with Crippen LogP contribution >= 0.6 is 11.8 Å². The van der Waals surface area contributed by atoms with Gasteiger partial charge in [0.2, 0.25) is 5.16 Å². The van der Waals surface area contributed by atoms with Gasteiger partial charge >= 0.3 is 0 Å². The molecule has 5 nitrogen and oxygen atoms in total. The van der Waals surface area contributed by atoms with Crippen LogP contribution in [0.1, 0.15) is 5.56 Å². The van der Waals surface area contributed by atoms with Crippen molar-refractivity contribution in [2.75, 3.05) is 18.8 Å². The summed E-state index contributed by atoms with van der Waals surface area (Å²) in [6.07, 6.45) is 0. The van der Waals surface area contributed by atoms with Crippen LogP contribution in [-0.4, -0.2) is 39.0 Å². The van der Waals surface area contributed by atoms with Crippen LogP contribution in [0.5, 0.6) is 0 Å². The van der Waals surface area contributed by atoms with Gasteiger partial charge in [-0.3, -0.25) is 0 Å². The number of aryl methyl sites for hydroxylation is 1. The van der Waals surface area contributed by atoms with Gasteiger partial charge in [0.05, 0.1) is 12.3 Å². The first-order chi connectivity index (χ1) is 9.36. The molecule has 0 saturated heterocycles. The molecule has 0 spiro atoms. The molecule has 0 fully saturated rings. The number of hydrogen-bond donors (Lipinski definition) is 1. The van der Waals surface area contributed by atoms with Crippen molar-refractivity contribution in [1.29, 1.82) is 0 Å². The Bertz CT molecular complexity index is 555. The number of benzene rings is 1. The molecule has 1 aromatic heterocycles. The van der Waals surface area contributed by atoms with E-state index in [9.17, 15) is 0 Å². The van der Waals surface area contributed by atoms with Crippen LogP contribution in [0, 0.1) is 11.8 Å². The lowest BCUT2D eigenvalue weighted by atomic mass is 10.2. The molecule has 0 aliphatic carbocycles. The highest BCUT2D eigenvalue weighted by atomic mass is 32.2. The fraction of sp³-hybridized carbons (Fsp3) is 0.308. The van der Waals surface area contributed by atoms with E-state index >= 15 is 0 Å². The van der Waals surface area contributed by atoms with Gasteiger partial charge in [0, 0.05) is 12.6 Å². The fourth-order valence-electron chi connectivity index (χ4n) is 1.43. The summed E-state index contributed by atoms with van der Waals surface area (Å²) in [6, 6.07) is 10.0. The van der Waals surface area contributed by atoms with Gasteiger partial charge in [-0.2, -0.15) is 0 Å². The molecule has 2 aromatic rings. The maximum atomic E-state index is 3.91. The van der Waals surface area contributed by atoms with E-state index in [1.165, 1.54) is 0 Å². The quantitative estimate of drug-likeness (QED) is 0.470. The number of rotatable bonds is 5. The fourth-order valence-corrected chi connectivity index (χ4v) is 2.21. The Morgan fingerprint density at radius 3 is 2.89 bits per heavy atom. The zero-order valence-corrected chi connectivity index (χ0v) is 11.6. The topological polar surface area (TPSA) is 60.2 Å². The summed E-state index contributed by atoms with van der Waals surface area (Å²) in [6.45, 7) is 1.81. The smallest absolute Gasteiger partial charge is 0.209 e. The van der Waals surface area contributed by atoms with Crippen LogP contribution in [0.3, 0.4) is 0 Å². The molecule has 6 heteroatoms. The molecule has 98 valence electrons. The molecule has 0 amide bonds. The zero-order valence-electron chi connectivity index (χ0n) is 10.8. The maximum Gasteiger partial charge on any atom is 0.209 e. The van der Waals surface area contributed by atoms with Crippen molar-refractivity contribution >= 4 is 11.8 Å². The van der Waals surface area contributed by atoms with Gasteiger partial charge in [-0.05, 0) is 28.5 Å². The molecule has 1 aromatic carbocycles. The van der Waals surface area contributed by atoms with E-state index in [0.29, 0.717) is 0 Å². The third-order valence-electron chi connectivity index (χ3n) is 2.39. The molecule has 0 saturated carbocycles. The number of tetrazole rings is 1. The minimum atomic E-state index is 0.812. The molecule has 0 aliphatic rings. The van der Waals surface area contributed by atoms with Crippen LogP contribution in [0.2, 0.25) is 0 Å². The molecule has 0 atom stereocenters. The second-order valence-electron chi connectivity index (χ2n) is 3.88. The molecule has 0 radical (unpaired) electrons. The van der Waals surface area contributed by atoms with E-state index in [1.54, 1.807) is 16.4 Å². The van der Waals surface area contributed by atoms with Crippen molar-refractivity contribution in [2.45, 2.75) is 5.16 Å². The number of quaternary nitrogens is 1. The van der Waals surface area contributed by atoms with Crippen molar-refractivity contribution in [3.05, 3.63) is 35.9 Å². The average Bonchev–Trinajstić information content (AvgIpc) is 2.84. The first-order valence-corrected chi connectivity index (χ1v) is 7.05. The van der Waals surface area contributed by atoms with Crippen LogP contribution in [0.15, 0.2) is 35.5 Å². The van der Waals surface area contributed by atoms with E-state index in [0.717, 1.165) is 29.6 Å². The summed E-state index contributed by atoms with van der Waals surface area (Å²) in [5.74, 6) is 7.25. The molecule has 0 unspecified atom stereocenters. The summed E-state index contributed by atoms with van der Waals surface area (Å²) in [4.78, 5) is 0. The molecule has 19 heavy (non-hydrogen) atoms. The number of nitrogens with zero attached hydrogens (tertiary/aromatic N) is 4. The van der Waals surface area contributed by atoms with Crippen molar-refractivity contribution < 1.29 is 5.32 Å². The van der Waals surface area contributed by atoms with Crippen molar-refractivity contribution in [3.63, 3.8) is 0 Å². The predicted molar refractivity (Wildman–Crippen MR) is 74.5 cm³/mol. The minimum Gasteiger partial charge on any atom is -0.335 e. The largest absolute Gasteiger partial charge is 0.335 e. The van der Waals surface area contributed by atoms with E-state index < -0.39 is 0 Å². The number of aromatic nitrogens is 4. The average molecular weight is 274 g/mol. The first-order valence-electron chi connectivity index (χ1n) is 6.07. The third-order valence-corrected chi connectivity index (χ3v) is 3.43. The summed E-state index contributed by atoms with van der Waals surface area (Å²) in [5.41, 5.74) is 1.07. The zero-order chi connectivity index (χ0) is 13.3. The third kappa shape index (κ3) is 4.73. The molecule has 1 heterocycles. The summed E-state index contributed by atoms with van der Waals surface area (Å²) in [7, 11) is 1.84. The SMILES string of the molecule is Cn1nnnc1SCC[NH2+]CC#Cc1ccccc1. The lowest BCUT2D eigenvalue weighted by molar-refractivity contribution is -0.639. The van der Waals surface area contributed by atoms with E-state index in [1.807, 2.05) is 37.4 Å². The second kappa shape index (κ2) is 7.56. The number of thioether (sulfide) groups is 1. The Labute approximate surface area is 116 Å². The highest BCUT2D eigenvalue weighted by Gasteiger charge is 2.01. The first kappa shape index (κ1) is 13.6. The van der Waals surface area contributed by atoms with Gasteiger partial charge in [0.15, 0.2) is 0 Å². The Kier molecular flexibility index (Phi) is 5.41. The van der Waals surface area contributed by atoms with E-state index in [2.05, 4.69) is 32.7 Å². The van der Waals surface area contributed by atoms with Crippen LogP contribution in [0.25, 0.3) is 0 Å². The standard InChI is InChI=1S/C13H15N5S/c1-18-13(15-16-17-18)19-11-10-14-9-5-8-12-6-3-2-4-7-12/h2-4,6-7,14H,9-11H2,1H3/p+1. The Hall–Kier alpha value is -1.84. The summed E-state index contributed by atoms with van der Waals surface area (Å²) < 4.78 is 1.68. The normalized spacial score (nSPS) is 9.95. The van der Waals surface area contributed by atoms with Crippen molar-refractivity contribution in [1.82, 2.24) is 20.2 Å². The Morgan fingerprint density at radius 2 is 2.16 bits per heavy atom. The van der Waals surface area contributed by atoms with Gasteiger partial charge in [-0.25, -0.2) is 4.68 Å². The highest BCUT2D eigenvalue weighted by Crippen LogP contribution is 2.09. The van der Waals surface area contributed by atoms with Crippen molar-refractivity contribution in [2.24, 2.45) is 7.05 Å². The Morgan fingerprint density at radius 1 is 1.32 bits per heavy atom. The second-order valence-corrected chi connectivity index (χ2v) is 4.94. The van der Waals surface area contributed by atoms with E-state index in [-0.39, 0.29) is 0 Å². The predicted octanol–water partition coefficient (Wildman–Crippen LogP) is -0.0827. The van der Waals surface area contributed by atoms with Crippen LogP contribution in [0.4, 0.5) is 0 Å². The van der Waals surface area contributed by atoms with Crippen LogP contribution in [-0.2, 0) is 7.05 Å². The monoisotopic (exact) mass is 274 g/mol. The number of hydrogen-bond acceptors (Lipinski definition) is 4. The van der Waals surface area contributed by atoms with Crippen molar-refractivity contribution in [3.8, 4) is 11.8 Å². The molecule has 0 aliphatic heterocycles. The summed E-state index contributed by atoms with van der Waals surface area (Å²) in [5, 5.41) is 14.3. The highest BCUT2D eigenvalue weighted by molar-refractivity contribution is 7.99. The molecular weight excluding hydrogens is 258 g/mol. The van der Waals surface area contributed by atoms with Gasteiger partial charge in [-0.15, -0.1) is 5.10 Å². The number of nitrogens with two attached hydrogens (primary N) is 1. The van der Waals surface area contributed by atoms with Gasteiger partial charge in [0.1, 0.15) is 6.54 Å². The van der Waals surface area contributed by atoms with Crippen LogP contribution < -0.4 is 5.32 Å². The maximum absolute atomic E-state index is 3.91.